The summed E-state index contributed by atoms with van der Waals surface area (Å²) in [6.07, 6.45) is 4.83. The molecule has 158 valence electrons. The number of hydrogen-bond donors (Lipinski definition) is 0. The summed E-state index contributed by atoms with van der Waals surface area (Å²) in [6.45, 7) is 1.14. The van der Waals surface area contributed by atoms with E-state index < -0.39 is 4.92 Å². The molecule has 1 aliphatic heterocycles. The van der Waals surface area contributed by atoms with Gasteiger partial charge in [0.25, 0.3) is 5.69 Å². The standard InChI is InChI=1S/C22H19ClN4O4/c23-18-8-6-16(7-9-18)21-24-22(31-25-21)17-2-1-13-26(14-17)20(28)12-5-15-3-10-19(11-4-15)27(29)30/h3-12,17H,1-2,13-14H2. The first kappa shape index (κ1) is 20.7. The average molecular weight is 439 g/mol. The molecule has 0 N–H and O–H groups in total. The Bertz CT molecular complexity index is 1110. The van der Waals surface area contributed by atoms with Gasteiger partial charge in [0.05, 0.1) is 10.8 Å². The molecule has 0 radical (unpaired) electrons. The van der Waals surface area contributed by atoms with Crippen molar-refractivity contribution in [1.29, 1.82) is 0 Å². The van der Waals surface area contributed by atoms with Crippen LogP contribution in [0.5, 0.6) is 0 Å². The van der Waals surface area contributed by atoms with Crippen molar-refractivity contribution in [3.8, 4) is 11.4 Å². The summed E-state index contributed by atoms with van der Waals surface area (Å²) in [5.41, 5.74) is 1.55. The Hall–Kier alpha value is -3.52. The molecule has 1 unspecified atom stereocenters. The molecule has 1 fully saturated rings. The van der Waals surface area contributed by atoms with E-state index >= 15 is 0 Å². The third-order valence-corrected chi connectivity index (χ3v) is 5.40. The van der Waals surface area contributed by atoms with Crippen LogP contribution < -0.4 is 0 Å². The number of carbonyl (C=O) groups is 1. The fourth-order valence-electron chi connectivity index (χ4n) is 3.48. The van der Waals surface area contributed by atoms with E-state index in [4.69, 9.17) is 16.1 Å². The summed E-state index contributed by atoms with van der Waals surface area (Å²) in [7, 11) is 0. The second-order valence-electron chi connectivity index (χ2n) is 7.27. The lowest BCUT2D eigenvalue weighted by molar-refractivity contribution is -0.384. The van der Waals surface area contributed by atoms with Crippen LogP contribution in [0.1, 0.15) is 30.2 Å². The van der Waals surface area contributed by atoms with Crippen molar-refractivity contribution in [1.82, 2.24) is 15.0 Å². The van der Waals surface area contributed by atoms with Crippen LogP contribution in [0.25, 0.3) is 17.5 Å². The summed E-state index contributed by atoms with van der Waals surface area (Å²) in [5, 5.41) is 15.4. The number of nitrogens with zero attached hydrogens (tertiary/aromatic N) is 4. The first-order chi connectivity index (χ1) is 15.0. The Morgan fingerprint density at radius 2 is 1.94 bits per heavy atom. The normalized spacial score (nSPS) is 16.5. The van der Waals surface area contributed by atoms with Gasteiger partial charge in [0, 0.05) is 41.9 Å². The predicted octanol–water partition coefficient (Wildman–Crippen LogP) is 4.72. The lowest BCUT2D eigenvalue weighted by atomic mass is 9.98. The summed E-state index contributed by atoms with van der Waals surface area (Å²) in [4.78, 5) is 29.2. The monoisotopic (exact) mass is 438 g/mol. The number of amides is 1. The molecular weight excluding hydrogens is 420 g/mol. The van der Waals surface area contributed by atoms with E-state index in [1.807, 2.05) is 12.1 Å². The lowest BCUT2D eigenvalue weighted by Gasteiger charge is -2.30. The zero-order valence-corrected chi connectivity index (χ0v) is 17.2. The molecule has 3 aromatic rings. The highest BCUT2D eigenvalue weighted by molar-refractivity contribution is 6.30. The van der Waals surface area contributed by atoms with Gasteiger partial charge >= 0.3 is 0 Å². The minimum Gasteiger partial charge on any atom is -0.339 e. The Kier molecular flexibility index (Phi) is 6.08. The number of nitro groups is 1. The van der Waals surface area contributed by atoms with Gasteiger partial charge in [-0.15, -0.1) is 0 Å². The number of aromatic nitrogens is 2. The van der Waals surface area contributed by atoms with Crippen LogP contribution in [0.3, 0.4) is 0 Å². The molecule has 0 saturated carbocycles. The van der Waals surface area contributed by atoms with E-state index in [1.54, 1.807) is 35.2 Å². The molecule has 0 aliphatic carbocycles. The summed E-state index contributed by atoms with van der Waals surface area (Å²) in [5.74, 6) is 0.856. The first-order valence-corrected chi connectivity index (χ1v) is 10.2. The molecule has 1 aromatic heterocycles. The minimum absolute atomic E-state index is 0.0138. The number of piperidine rings is 1. The number of halogens is 1. The quantitative estimate of drug-likeness (QED) is 0.324. The largest absolute Gasteiger partial charge is 0.339 e. The van der Waals surface area contributed by atoms with Gasteiger partial charge in [0.2, 0.25) is 17.6 Å². The minimum atomic E-state index is -0.456. The highest BCUT2D eigenvalue weighted by Gasteiger charge is 2.28. The van der Waals surface area contributed by atoms with Gasteiger partial charge in [-0.25, -0.2) is 0 Å². The van der Waals surface area contributed by atoms with E-state index in [0.717, 1.165) is 24.0 Å². The molecular formula is C22H19ClN4O4. The summed E-state index contributed by atoms with van der Waals surface area (Å²) in [6, 6.07) is 13.2. The number of carbonyl (C=O) groups excluding carboxylic acids is 1. The number of non-ortho nitro benzene ring substituents is 1. The topological polar surface area (TPSA) is 102 Å². The number of benzene rings is 2. The second-order valence-corrected chi connectivity index (χ2v) is 7.70. The second kappa shape index (κ2) is 9.09. The molecule has 2 aromatic carbocycles. The molecule has 2 heterocycles. The van der Waals surface area contributed by atoms with E-state index in [2.05, 4.69) is 10.1 Å². The van der Waals surface area contributed by atoms with Crippen molar-refractivity contribution in [2.24, 2.45) is 0 Å². The summed E-state index contributed by atoms with van der Waals surface area (Å²) < 4.78 is 5.47. The number of likely N-dealkylation sites (tertiary alicyclic amines) is 1. The Labute approximate surface area is 183 Å². The van der Waals surface area contributed by atoms with Gasteiger partial charge < -0.3 is 9.42 Å². The van der Waals surface area contributed by atoms with Crippen molar-refractivity contribution in [2.45, 2.75) is 18.8 Å². The maximum absolute atomic E-state index is 12.6. The van der Waals surface area contributed by atoms with Crippen LogP contribution in [0, 0.1) is 10.1 Å². The van der Waals surface area contributed by atoms with E-state index in [-0.39, 0.29) is 17.5 Å². The first-order valence-electron chi connectivity index (χ1n) is 9.80. The van der Waals surface area contributed by atoms with Gasteiger partial charge in [0.1, 0.15) is 0 Å². The van der Waals surface area contributed by atoms with Crippen molar-refractivity contribution < 1.29 is 14.2 Å². The van der Waals surface area contributed by atoms with E-state index in [1.165, 1.54) is 18.2 Å². The molecule has 4 rings (SSSR count). The maximum atomic E-state index is 12.6. The van der Waals surface area contributed by atoms with Gasteiger partial charge in [-0.05, 0) is 60.9 Å². The predicted molar refractivity (Wildman–Crippen MR) is 115 cm³/mol. The van der Waals surface area contributed by atoms with Crippen molar-refractivity contribution in [3.63, 3.8) is 0 Å². The van der Waals surface area contributed by atoms with Crippen molar-refractivity contribution in [2.75, 3.05) is 13.1 Å². The van der Waals surface area contributed by atoms with Crippen molar-refractivity contribution in [3.05, 3.63) is 81.2 Å². The molecule has 8 nitrogen and oxygen atoms in total. The molecule has 31 heavy (non-hydrogen) atoms. The lowest BCUT2D eigenvalue weighted by Crippen LogP contribution is -2.38. The highest BCUT2D eigenvalue weighted by Crippen LogP contribution is 2.28. The Balaban J connectivity index is 1.40. The number of rotatable bonds is 5. The number of hydrogen-bond acceptors (Lipinski definition) is 6. The van der Waals surface area contributed by atoms with Crippen LogP contribution in [0.2, 0.25) is 5.02 Å². The zero-order chi connectivity index (χ0) is 21.8. The van der Waals surface area contributed by atoms with Gasteiger partial charge in [-0.2, -0.15) is 4.98 Å². The molecule has 1 saturated heterocycles. The van der Waals surface area contributed by atoms with Crippen LogP contribution in [0.4, 0.5) is 5.69 Å². The van der Waals surface area contributed by atoms with Crippen LogP contribution in [-0.4, -0.2) is 39.0 Å². The molecule has 0 spiro atoms. The Morgan fingerprint density at radius 1 is 1.19 bits per heavy atom. The molecule has 1 atom stereocenters. The highest BCUT2D eigenvalue weighted by atomic mass is 35.5. The number of nitro benzene ring substituents is 1. The molecule has 0 bridgehead atoms. The average Bonchev–Trinajstić information content (AvgIpc) is 3.28. The zero-order valence-electron chi connectivity index (χ0n) is 16.5. The van der Waals surface area contributed by atoms with E-state index in [0.29, 0.717) is 29.8 Å². The van der Waals surface area contributed by atoms with Crippen LogP contribution in [0.15, 0.2) is 59.1 Å². The third kappa shape index (κ3) is 4.97. The third-order valence-electron chi connectivity index (χ3n) is 5.15. The van der Waals surface area contributed by atoms with E-state index in [9.17, 15) is 14.9 Å². The van der Waals surface area contributed by atoms with Gasteiger partial charge in [-0.1, -0.05) is 16.8 Å². The fraction of sp³-hybridized carbons (Fsp3) is 0.227. The van der Waals surface area contributed by atoms with Crippen LogP contribution in [-0.2, 0) is 4.79 Å². The smallest absolute Gasteiger partial charge is 0.269 e. The molecule has 1 aliphatic rings. The van der Waals surface area contributed by atoms with Crippen LogP contribution >= 0.6 is 11.6 Å². The fourth-order valence-corrected chi connectivity index (χ4v) is 3.60. The van der Waals surface area contributed by atoms with Gasteiger partial charge in [0.15, 0.2) is 0 Å². The van der Waals surface area contributed by atoms with Gasteiger partial charge in [-0.3, -0.25) is 14.9 Å². The molecule has 1 amide bonds. The SMILES string of the molecule is O=C(C=Cc1ccc([N+](=O)[O-])cc1)N1CCCC(c2nc(-c3ccc(Cl)cc3)no2)C1. The van der Waals surface area contributed by atoms with Crippen molar-refractivity contribution >= 4 is 29.3 Å². The molecule has 9 heteroatoms. The summed E-state index contributed by atoms with van der Waals surface area (Å²) >= 11 is 5.92. The Morgan fingerprint density at radius 3 is 2.65 bits per heavy atom. The maximum Gasteiger partial charge on any atom is 0.269 e.